The third kappa shape index (κ3) is 4.34. The van der Waals surface area contributed by atoms with E-state index < -0.39 is 5.69 Å². The second kappa shape index (κ2) is 8.39. The number of thiophene rings is 1. The van der Waals surface area contributed by atoms with Gasteiger partial charge in [0.25, 0.3) is 0 Å². The summed E-state index contributed by atoms with van der Waals surface area (Å²) in [6.07, 6.45) is 5.17. The van der Waals surface area contributed by atoms with Crippen LogP contribution in [0.2, 0.25) is 0 Å². The van der Waals surface area contributed by atoms with Crippen LogP contribution in [-0.2, 0) is 17.8 Å². The second-order valence-corrected chi connectivity index (χ2v) is 6.37. The molecule has 1 N–H and O–H groups in total. The molecule has 0 fully saturated rings. The first-order valence-electron chi connectivity index (χ1n) is 7.98. The number of hydrogen-bond acceptors (Lipinski definition) is 6. The number of nitrogens with one attached hydrogen (secondary N) is 1. The van der Waals surface area contributed by atoms with E-state index in [0.717, 1.165) is 11.1 Å². The second-order valence-electron chi connectivity index (χ2n) is 5.59. The van der Waals surface area contributed by atoms with E-state index in [1.807, 2.05) is 22.9 Å². The van der Waals surface area contributed by atoms with Crippen molar-refractivity contribution < 1.29 is 9.53 Å². The van der Waals surface area contributed by atoms with Gasteiger partial charge in [0.2, 0.25) is 11.8 Å². The lowest BCUT2D eigenvalue weighted by Crippen LogP contribution is -2.36. The van der Waals surface area contributed by atoms with Crippen molar-refractivity contribution in [3.63, 3.8) is 0 Å². The van der Waals surface area contributed by atoms with Gasteiger partial charge in [-0.1, -0.05) is 6.07 Å². The number of aromatic nitrogens is 3. The Bertz CT molecular complexity index is 924. The highest BCUT2D eigenvalue weighted by Crippen LogP contribution is 2.26. The number of hydrogen-bond donors (Lipinski definition) is 1. The molecule has 0 saturated heterocycles. The maximum atomic E-state index is 12.5. The van der Waals surface area contributed by atoms with E-state index in [1.165, 1.54) is 17.0 Å². The molecule has 0 radical (unpaired) electrons. The summed E-state index contributed by atoms with van der Waals surface area (Å²) in [4.78, 5) is 32.1. The monoisotopic (exact) mass is 370 g/mol. The highest BCUT2D eigenvalue weighted by molar-refractivity contribution is 7.07. The first kappa shape index (κ1) is 17.8. The Morgan fingerprint density at radius 1 is 1.31 bits per heavy atom. The van der Waals surface area contributed by atoms with Gasteiger partial charge in [0.05, 0.1) is 13.2 Å². The van der Waals surface area contributed by atoms with Gasteiger partial charge in [-0.15, -0.1) is 0 Å². The number of carbonyl (C=O) groups excluding carboxylic acids is 1. The summed E-state index contributed by atoms with van der Waals surface area (Å²) in [5.41, 5.74) is 1.42. The fourth-order valence-corrected chi connectivity index (χ4v) is 3.31. The molecule has 0 spiro atoms. The molecule has 0 aliphatic heterocycles. The molecule has 3 aromatic heterocycles. The zero-order chi connectivity index (χ0) is 18.4. The van der Waals surface area contributed by atoms with Crippen LogP contribution in [0.15, 0.2) is 58.4 Å². The zero-order valence-electron chi connectivity index (χ0n) is 14.2. The summed E-state index contributed by atoms with van der Waals surface area (Å²) < 4.78 is 6.60. The average Bonchev–Trinajstić information content (AvgIpc) is 3.16. The highest BCUT2D eigenvalue weighted by Gasteiger charge is 2.20. The fourth-order valence-electron chi connectivity index (χ4n) is 2.62. The van der Waals surface area contributed by atoms with Gasteiger partial charge >= 0.3 is 5.69 Å². The maximum Gasteiger partial charge on any atom is 0.347 e. The molecular formula is C18H18N4O3S. The van der Waals surface area contributed by atoms with Gasteiger partial charge in [0.15, 0.2) is 0 Å². The molecule has 3 heterocycles. The molecule has 1 atom stereocenters. The molecule has 0 aliphatic rings. The van der Waals surface area contributed by atoms with Crippen LogP contribution in [0.25, 0.3) is 0 Å². The SMILES string of the molecule is COc1ncccc1[C@@H](Cc1ccsc1)NC(=O)Cn1cccnc1=O. The van der Waals surface area contributed by atoms with Crippen molar-refractivity contribution in [1.29, 1.82) is 0 Å². The summed E-state index contributed by atoms with van der Waals surface area (Å²) in [6, 6.07) is 6.98. The molecule has 0 bridgehead atoms. The van der Waals surface area contributed by atoms with E-state index in [2.05, 4.69) is 15.3 Å². The van der Waals surface area contributed by atoms with Gasteiger partial charge in [-0.25, -0.2) is 14.8 Å². The summed E-state index contributed by atoms with van der Waals surface area (Å²) >= 11 is 1.60. The summed E-state index contributed by atoms with van der Waals surface area (Å²) in [7, 11) is 1.55. The quantitative estimate of drug-likeness (QED) is 0.685. The smallest absolute Gasteiger partial charge is 0.347 e. The van der Waals surface area contributed by atoms with Crippen molar-refractivity contribution in [2.75, 3.05) is 7.11 Å². The molecule has 26 heavy (non-hydrogen) atoms. The van der Waals surface area contributed by atoms with E-state index in [-0.39, 0.29) is 18.5 Å². The molecule has 7 nitrogen and oxygen atoms in total. The first-order chi connectivity index (χ1) is 12.7. The minimum atomic E-state index is -0.462. The number of amides is 1. The largest absolute Gasteiger partial charge is 0.481 e. The van der Waals surface area contributed by atoms with Gasteiger partial charge in [-0.3, -0.25) is 9.36 Å². The van der Waals surface area contributed by atoms with Crippen LogP contribution >= 0.6 is 11.3 Å². The number of nitrogens with zero attached hydrogens (tertiary/aromatic N) is 3. The number of methoxy groups -OCH3 is 1. The topological polar surface area (TPSA) is 86.1 Å². The van der Waals surface area contributed by atoms with Crippen molar-refractivity contribution in [3.05, 3.63) is 75.2 Å². The maximum absolute atomic E-state index is 12.5. The number of ether oxygens (including phenoxy) is 1. The lowest BCUT2D eigenvalue weighted by atomic mass is 10.0. The van der Waals surface area contributed by atoms with Gasteiger partial charge in [-0.05, 0) is 40.9 Å². The Kier molecular flexibility index (Phi) is 5.75. The Hall–Kier alpha value is -3.00. The highest BCUT2D eigenvalue weighted by atomic mass is 32.1. The van der Waals surface area contributed by atoms with Crippen LogP contribution in [-0.4, -0.2) is 27.6 Å². The van der Waals surface area contributed by atoms with Crippen LogP contribution in [0.3, 0.4) is 0 Å². The predicted octanol–water partition coefficient (Wildman–Crippen LogP) is 1.81. The summed E-state index contributed by atoms with van der Waals surface area (Å²) in [5, 5.41) is 7.01. The molecule has 8 heteroatoms. The zero-order valence-corrected chi connectivity index (χ0v) is 15.0. The van der Waals surface area contributed by atoms with Crippen LogP contribution in [0.1, 0.15) is 17.2 Å². The van der Waals surface area contributed by atoms with Crippen LogP contribution in [0.5, 0.6) is 5.88 Å². The molecular weight excluding hydrogens is 352 g/mol. The molecule has 0 saturated carbocycles. The average molecular weight is 370 g/mol. The number of rotatable bonds is 7. The van der Waals surface area contributed by atoms with E-state index in [9.17, 15) is 9.59 Å². The molecule has 3 aromatic rings. The lowest BCUT2D eigenvalue weighted by Gasteiger charge is -2.20. The van der Waals surface area contributed by atoms with Crippen molar-refractivity contribution in [1.82, 2.24) is 19.9 Å². The van der Waals surface area contributed by atoms with Crippen molar-refractivity contribution in [2.24, 2.45) is 0 Å². The van der Waals surface area contributed by atoms with E-state index in [0.29, 0.717) is 12.3 Å². The Balaban J connectivity index is 1.82. The van der Waals surface area contributed by atoms with Gasteiger partial charge in [0, 0.05) is 24.2 Å². The Labute approximate surface area is 154 Å². The molecule has 0 aromatic carbocycles. The van der Waals surface area contributed by atoms with Crippen LogP contribution < -0.4 is 15.7 Å². The van der Waals surface area contributed by atoms with Crippen LogP contribution in [0, 0.1) is 0 Å². The summed E-state index contributed by atoms with van der Waals surface area (Å²) in [6.45, 7) is -0.102. The van der Waals surface area contributed by atoms with Gasteiger partial charge < -0.3 is 10.1 Å². The van der Waals surface area contributed by atoms with Gasteiger partial charge in [0.1, 0.15) is 6.54 Å². The van der Waals surface area contributed by atoms with E-state index in [1.54, 1.807) is 36.8 Å². The standard InChI is InChI=1S/C18H18N4O3S/c1-25-17-14(4-2-6-19-17)15(10-13-5-9-26-12-13)21-16(23)11-22-8-3-7-20-18(22)24/h2-9,12,15H,10-11H2,1H3,(H,21,23)/t15-/m1/s1. The normalized spacial score (nSPS) is 11.7. The molecule has 0 unspecified atom stereocenters. The van der Waals surface area contributed by atoms with E-state index in [4.69, 9.17) is 4.74 Å². The first-order valence-corrected chi connectivity index (χ1v) is 8.92. The molecule has 3 rings (SSSR count). The molecule has 134 valence electrons. The third-order valence-corrected chi connectivity index (χ3v) is 4.55. The van der Waals surface area contributed by atoms with Crippen molar-refractivity contribution >= 4 is 17.2 Å². The number of carbonyl (C=O) groups is 1. The summed E-state index contributed by atoms with van der Waals surface area (Å²) in [5.74, 6) is 0.179. The lowest BCUT2D eigenvalue weighted by molar-refractivity contribution is -0.122. The Morgan fingerprint density at radius 3 is 2.88 bits per heavy atom. The molecule has 1 amide bonds. The van der Waals surface area contributed by atoms with Gasteiger partial charge in [-0.2, -0.15) is 11.3 Å². The van der Waals surface area contributed by atoms with E-state index >= 15 is 0 Å². The predicted molar refractivity (Wildman–Crippen MR) is 98.2 cm³/mol. The Morgan fingerprint density at radius 2 is 2.15 bits per heavy atom. The fraction of sp³-hybridized carbons (Fsp3) is 0.222. The minimum Gasteiger partial charge on any atom is -0.481 e. The van der Waals surface area contributed by atoms with Crippen molar-refractivity contribution in [2.45, 2.75) is 19.0 Å². The minimum absolute atomic E-state index is 0.102. The third-order valence-electron chi connectivity index (χ3n) is 3.82. The van der Waals surface area contributed by atoms with Crippen molar-refractivity contribution in [3.8, 4) is 5.88 Å². The molecule has 0 aliphatic carbocycles. The van der Waals surface area contributed by atoms with Crippen LogP contribution in [0.4, 0.5) is 0 Å². The number of pyridine rings is 1.